The van der Waals surface area contributed by atoms with Gasteiger partial charge >= 0.3 is 0 Å². The molecule has 0 bridgehead atoms. The lowest BCUT2D eigenvalue weighted by atomic mass is 10.1. The van der Waals surface area contributed by atoms with Crippen LogP contribution in [0.3, 0.4) is 0 Å². The number of aromatic nitrogens is 2. The minimum atomic E-state index is -0.368. The van der Waals surface area contributed by atoms with Crippen LogP contribution >= 0.6 is 0 Å². The predicted molar refractivity (Wildman–Crippen MR) is 145 cm³/mol. The summed E-state index contributed by atoms with van der Waals surface area (Å²) in [4.78, 5) is 36.9. The Morgan fingerprint density at radius 3 is 2.45 bits per heavy atom. The van der Waals surface area contributed by atoms with E-state index in [0.717, 1.165) is 13.1 Å². The molecular formula is C28H31N5O5. The number of pyridine rings is 1. The van der Waals surface area contributed by atoms with Crippen molar-refractivity contribution in [3.05, 3.63) is 65.9 Å². The monoisotopic (exact) mass is 517 g/mol. The van der Waals surface area contributed by atoms with Crippen LogP contribution in [0.15, 0.2) is 59.1 Å². The molecule has 1 fully saturated rings. The summed E-state index contributed by atoms with van der Waals surface area (Å²) < 4.78 is 16.4. The fourth-order valence-electron chi connectivity index (χ4n) is 4.07. The molecule has 0 spiro atoms. The van der Waals surface area contributed by atoms with Crippen molar-refractivity contribution in [3.8, 4) is 23.0 Å². The van der Waals surface area contributed by atoms with Crippen LogP contribution in [-0.4, -0.2) is 67.1 Å². The molecule has 0 radical (unpaired) electrons. The Kier molecular flexibility index (Phi) is 8.55. The molecule has 2 N–H and O–H groups in total. The van der Waals surface area contributed by atoms with Crippen LogP contribution in [0, 0.1) is 0 Å². The molecule has 0 aliphatic carbocycles. The Bertz CT molecular complexity index is 1400. The van der Waals surface area contributed by atoms with Crippen molar-refractivity contribution >= 4 is 28.7 Å². The van der Waals surface area contributed by atoms with Gasteiger partial charge in [0.2, 0.25) is 5.89 Å². The van der Waals surface area contributed by atoms with Crippen LogP contribution in [-0.2, 0) is 0 Å². The van der Waals surface area contributed by atoms with Gasteiger partial charge in [0.1, 0.15) is 0 Å². The lowest BCUT2D eigenvalue weighted by Crippen LogP contribution is -2.46. The zero-order chi connectivity index (χ0) is 27.1. The Hall–Kier alpha value is -4.44. The summed E-state index contributed by atoms with van der Waals surface area (Å²) in [5, 5.41) is 6.13. The number of piperazine rings is 1. The fourth-order valence-corrected chi connectivity index (χ4v) is 4.07. The Morgan fingerprint density at radius 1 is 0.974 bits per heavy atom. The van der Waals surface area contributed by atoms with Gasteiger partial charge < -0.3 is 29.4 Å². The van der Waals surface area contributed by atoms with Crippen molar-refractivity contribution in [1.29, 1.82) is 0 Å². The van der Waals surface area contributed by atoms with Gasteiger partial charge in [0, 0.05) is 54.8 Å². The molecule has 0 saturated carbocycles. The molecule has 10 heteroatoms. The second-order valence-electron chi connectivity index (χ2n) is 8.21. The number of anilines is 1. The highest BCUT2D eigenvalue weighted by Crippen LogP contribution is 2.30. The SMILES string of the molecule is CC.COc1ccc(C(=O)Nc2cc(C(=O)N3CCNCC3)cc(-c3nc4ncccc4o3)c2)cc1OC. The molecule has 1 saturated heterocycles. The molecule has 198 valence electrons. The first-order valence-corrected chi connectivity index (χ1v) is 12.5. The van der Waals surface area contributed by atoms with Gasteiger partial charge in [0.25, 0.3) is 11.8 Å². The van der Waals surface area contributed by atoms with E-state index in [4.69, 9.17) is 13.9 Å². The van der Waals surface area contributed by atoms with E-state index in [9.17, 15) is 9.59 Å². The minimum Gasteiger partial charge on any atom is -0.493 e. The van der Waals surface area contributed by atoms with E-state index in [1.165, 1.54) is 14.2 Å². The average Bonchev–Trinajstić information content (AvgIpc) is 3.42. The standard InChI is InChI=1S/C26H25N5O5.C2H6/c1-34-20-6-5-16(15-22(20)35-2)24(32)29-19-13-17(25-30-23-21(36-25)4-3-7-28-23)12-18(14-19)26(33)31-10-8-27-9-11-31;1-2/h3-7,12-15,27H,8-11H2,1-2H3,(H,29,32);1-2H3. The Morgan fingerprint density at radius 2 is 1.74 bits per heavy atom. The first-order valence-electron chi connectivity index (χ1n) is 12.5. The van der Waals surface area contributed by atoms with E-state index in [-0.39, 0.29) is 11.8 Å². The molecular weight excluding hydrogens is 486 g/mol. The van der Waals surface area contributed by atoms with E-state index >= 15 is 0 Å². The molecule has 1 aliphatic heterocycles. The summed E-state index contributed by atoms with van der Waals surface area (Å²) in [5.74, 6) is 0.763. The van der Waals surface area contributed by atoms with E-state index in [2.05, 4.69) is 20.6 Å². The molecule has 2 aromatic carbocycles. The molecule has 4 aromatic rings. The highest BCUT2D eigenvalue weighted by atomic mass is 16.5. The molecule has 38 heavy (non-hydrogen) atoms. The average molecular weight is 518 g/mol. The van der Waals surface area contributed by atoms with Crippen molar-refractivity contribution in [2.24, 2.45) is 0 Å². The second kappa shape index (κ2) is 12.2. The highest BCUT2D eigenvalue weighted by Gasteiger charge is 2.21. The number of carbonyl (C=O) groups excluding carboxylic acids is 2. The van der Waals surface area contributed by atoms with E-state index in [1.807, 2.05) is 13.8 Å². The van der Waals surface area contributed by atoms with E-state index in [1.54, 1.807) is 59.6 Å². The van der Waals surface area contributed by atoms with Crippen LogP contribution in [0.25, 0.3) is 22.7 Å². The summed E-state index contributed by atoms with van der Waals surface area (Å²) in [6.07, 6.45) is 1.63. The van der Waals surface area contributed by atoms with Gasteiger partial charge in [0.05, 0.1) is 14.2 Å². The third-order valence-corrected chi connectivity index (χ3v) is 5.90. The van der Waals surface area contributed by atoms with Gasteiger partial charge in [-0.25, -0.2) is 4.98 Å². The van der Waals surface area contributed by atoms with Crippen LogP contribution in [0.5, 0.6) is 11.5 Å². The number of benzene rings is 2. The third kappa shape index (κ3) is 5.76. The van der Waals surface area contributed by atoms with Crippen LogP contribution in [0.2, 0.25) is 0 Å². The number of methoxy groups -OCH3 is 2. The number of fused-ring (bicyclic) bond motifs is 1. The van der Waals surface area contributed by atoms with E-state index in [0.29, 0.717) is 64.1 Å². The van der Waals surface area contributed by atoms with Crippen molar-refractivity contribution in [2.45, 2.75) is 13.8 Å². The normalized spacial score (nSPS) is 12.9. The third-order valence-electron chi connectivity index (χ3n) is 5.90. The number of hydrogen-bond donors (Lipinski definition) is 2. The van der Waals surface area contributed by atoms with E-state index < -0.39 is 0 Å². The summed E-state index contributed by atoms with van der Waals surface area (Å²) in [7, 11) is 3.04. The lowest BCUT2D eigenvalue weighted by molar-refractivity contribution is 0.0735. The summed E-state index contributed by atoms with van der Waals surface area (Å²) in [5.41, 5.74) is 2.77. The van der Waals surface area contributed by atoms with Crippen LogP contribution in [0.4, 0.5) is 5.69 Å². The summed E-state index contributed by atoms with van der Waals surface area (Å²) >= 11 is 0. The van der Waals surface area contributed by atoms with Gasteiger partial charge in [-0.15, -0.1) is 0 Å². The molecule has 1 aliphatic rings. The number of rotatable bonds is 6. The minimum absolute atomic E-state index is 0.130. The van der Waals surface area contributed by atoms with Gasteiger partial charge in [-0.3, -0.25) is 9.59 Å². The Balaban J connectivity index is 0.00000164. The van der Waals surface area contributed by atoms with Crippen LogP contribution < -0.4 is 20.1 Å². The van der Waals surface area contributed by atoms with Gasteiger partial charge in [-0.05, 0) is 48.5 Å². The topological polar surface area (TPSA) is 119 Å². The first kappa shape index (κ1) is 26.6. The second-order valence-corrected chi connectivity index (χ2v) is 8.21. The molecule has 3 heterocycles. The zero-order valence-corrected chi connectivity index (χ0v) is 21.9. The largest absolute Gasteiger partial charge is 0.493 e. The number of oxazole rings is 1. The lowest BCUT2D eigenvalue weighted by Gasteiger charge is -2.27. The number of nitrogens with zero attached hydrogens (tertiary/aromatic N) is 3. The van der Waals surface area contributed by atoms with Crippen molar-refractivity contribution in [3.63, 3.8) is 0 Å². The van der Waals surface area contributed by atoms with Crippen molar-refractivity contribution < 1.29 is 23.5 Å². The van der Waals surface area contributed by atoms with Gasteiger partial charge in [-0.2, -0.15) is 4.98 Å². The molecule has 5 rings (SSSR count). The number of ether oxygens (including phenoxy) is 2. The predicted octanol–water partition coefficient (Wildman–Crippen LogP) is 4.23. The van der Waals surface area contributed by atoms with Crippen molar-refractivity contribution in [1.82, 2.24) is 20.2 Å². The van der Waals surface area contributed by atoms with Crippen LogP contribution in [0.1, 0.15) is 34.6 Å². The molecule has 2 amide bonds. The van der Waals surface area contributed by atoms with Gasteiger partial charge in [-0.1, -0.05) is 13.8 Å². The number of nitrogens with one attached hydrogen (secondary N) is 2. The summed E-state index contributed by atoms with van der Waals surface area (Å²) in [6, 6.07) is 13.5. The fraction of sp³-hybridized carbons (Fsp3) is 0.286. The zero-order valence-electron chi connectivity index (χ0n) is 21.9. The van der Waals surface area contributed by atoms with Crippen molar-refractivity contribution in [2.75, 3.05) is 45.7 Å². The number of carbonyl (C=O) groups is 2. The number of amides is 2. The summed E-state index contributed by atoms with van der Waals surface area (Å²) in [6.45, 7) is 6.66. The molecule has 2 aromatic heterocycles. The maximum absolute atomic E-state index is 13.3. The quantitative estimate of drug-likeness (QED) is 0.390. The number of hydrogen-bond acceptors (Lipinski definition) is 8. The maximum Gasteiger partial charge on any atom is 0.255 e. The highest BCUT2D eigenvalue weighted by molar-refractivity contribution is 6.06. The maximum atomic E-state index is 13.3. The Labute approximate surface area is 221 Å². The molecule has 10 nitrogen and oxygen atoms in total. The first-order chi connectivity index (χ1) is 18.6. The smallest absolute Gasteiger partial charge is 0.255 e. The molecule has 0 atom stereocenters. The molecule has 0 unspecified atom stereocenters. The van der Waals surface area contributed by atoms with Gasteiger partial charge in [0.15, 0.2) is 22.7 Å².